The Balaban J connectivity index is 0.00000300. The van der Waals surface area contributed by atoms with Crippen LogP contribution in [-0.4, -0.2) is 100 Å². The zero-order valence-corrected chi connectivity index (χ0v) is 20.4. The van der Waals surface area contributed by atoms with Gasteiger partial charge >= 0.3 is 0 Å². The Labute approximate surface area is 192 Å². The molecule has 1 amide bonds. The summed E-state index contributed by atoms with van der Waals surface area (Å²) in [6.07, 6.45) is 5.33. The van der Waals surface area contributed by atoms with Crippen molar-refractivity contribution in [2.45, 2.75) is 44.8 Å². The van der Waals surface area contributed by atoms with Gasteiger partial charge in [-0.15, -0.1) is 24.0 Å². The number of rotatable bonds is 8. The highest BCUT2D eigenvalue weighted by molar-refractivity contribution is 14.0. The number of piperazine rings is 1. The Kier molecular flexibility index (Phi) is 9.90. The molecule has 2 saturated carbocycles. The van der Waals surface area contributed by atoms with Crippen LogP contribution in [0.2, 0.25) is 0 Å². The second-order valence-corrected chi connectivity index (χ2v) is 8.12. The number of carbonyl (C=O) groups is 1. The standard InChI is InChI=1S/C20H37N5O3.HI/c1-4-28-17-14-16(20(17)6-5-7-20)23-19(21-2)25-11-9-24(10-12-25)15-18(26)22-8-13-27-3;/h16-17H,4-15H2,1-3H3,(H,21,23)(H,22,26);1H. The fourth-order valence-corrected chi connectivity index (χ4v) is 4.76. The highest BCUT2D eigenvalue weighted by Crippen LogP contribution is 2.57. The van der Waals surface area contributed by atoms with E-state index in [1.54, 1.807) is 7.11 Å². The second-order valence-electron chi connectivity index (χ2n) is 8.12. The molecule has 29 heavy (non-hydrogen) atoms. The molecule has 0 radical (unpaired) electrons. The summed E-state index contributed by atoms with van der Waals surface area (Å²) >= 11 is 0. The van der Waals surface area contributed by atoms with Crippen molar-refractivity contribution in [3.05, 3.63) is 0 Å². The van der Waals surface area contributed by atoms with Gasteiger partial charge in [0.05, 0.1) is 19.3 Å². The predicted octanol–water partition coefficient (Wildman–Crippen LogP) is 0.908. The van der Waals surface area contributed by atoms with Crippen molar-refractivity contribution in [1.82, 2.24) is 20.4 Å². The van der Waals surface area contributed by atoms with Crippen molar-refractivity contribution >= 4 is 35.8 Å². The van der Waals surface area contributed by atoms with Gasteiger partial charge in [0.25, 0.3) is 0 Å². The molecule has 168 valence electrons. The van der Waals surface area contributed by atoms with E-state index < -0.39 is 0 Å². The molecule has 2 unspecified atom stereocenters. The number of guanidine groups is 1. The zero-order chi connectivity index (χ0) is 20.0. The number of aliphatic imine (C=N–C) groups is 1. The van der Waals surface area contributed by atoms with Crippen LogP contribution >= 0.6 is 24.0 Å². The van der Waals surface area contributed by atoms with Crippen LogP contribution in [0.15, 0.2) is 4.99 Å². The molecule has 0 bridgehead atoms. The maximum atomic E-state index is 12.0. The Morgan fingerprint density at radius 2 is 1.97 bits per heavy atom. The van der Waals surface area contributed by atoms with Crippen molar-refractivity contribution < 1.29 is 14.3 Å². The Morgan fingerprint density at radius 3 is 2.52 bits per heavy atom. The minimum absolute atomic E-state index is 0. The fourth-order valence-electron chi connectivity index (χ4n) is 4.76. The Morgan fingerprint density at radius 1 is 1.24 bits per heavy atom. The van der Waals surface area contributed by atoms with Crippen LogP contribution in [0.3, 0.4) is 0 Å². The van der Waals surface area contributed by atoms with E-state index in [4.69, 9.17) is 9.47 Å². The summed E-state index contributed by atoms with van der Waals surface area (Å²) in [6.45, 7) is 7.97. The molecular formula is C20H38IN5O3. The number of hydrogen-bond donors (Lipinski definition) is 2. The van der Waals surface area contributed by atoms with Gasteiger partial charge in [-0.1, -0.05) is 6.42 Å². The summed E-state index contributed by atoms with van der Waals surface area (Å²) in [4.78, 5) is 21.0. The van der Waals surface area contributed by atoms with Crippen LogP contribution in [0, 0.1) is 5.41 Å². The SMILES string of the molecule is CCOC1CC(NC(=NC)N2CCN(CC(=O)NCCOC)CC2)C12CCC2.I. The van der Waals surface area contributed by atoms with Gasteiger partial charge in [-0.05, 0) is 26.2 Å². The molecule has 8 nitrogen and oxygen atoms in total. The molecule has 0 aromatic carbocycles. The van der Waals surface area contributed by atoms with Crippen LogP contribution in [0.25, 0.3) is 0 Å². The molecule has 0 aromatic heterocycles. The third-order valence-corrected chi connectivity index (χ3v) is 6.62. The largest absolute Gasteiger partial charge is 0.383 e. The highest BCUT2D eigenvalue weighted by Gasteiger charge is 2.59. The number of carbonyl (C=O) groups excluding carboxylic acids is 1. The number of nitrogens with one attached hydrogen (secondary N) is 2. The predicted molar refractivity (Wildman–Crippen MR) is 125 cm³/mol. The van der Waals surface area contributed by atoms with E-state index in [-0.39, 0.29) is 29.9 Å². The topological polar surface area (TPSA) is 78.4 Å². The lowest BCUT2D eigenvalue weighted by Gasteiger charge is -2.61. The lowest BCUT2D eigenvalue weighted by atomic mass is 9.51. The van der Waals surface area contributed by atoms with E-state index >= 15 is 0 Å². The summed E-state index contributed by atoms with van der Waals surface area (Å²) in [6, 6.07) is 0.473. The first kappa shape index (κ1) is 24.6. The normalized spacial score (nSPS) is 26.3. The first-order valence-electron chi connectivity index (χ1n) is 10.7. The van der Waals surface area contributed by atoms with E-state index in [1.807, 2.05) is 7.05 Å². The van der Waals surface area contributed by atoms with Gasteiger partial charge in [-0.3, -0.25) is 14.7 Å². The summed E-state index contributed by atoms with van der Waals surface area (Å²) in [5.74, 6) is 1.06. The minimum Gasteiger partial charge on any atom is -0.383 e. The van der Waals surface area contributed by atoms with Crippen molar-refractivity contribution in [1.29, 1.82) is 0 Å². The molecule has 1 heterocycles. The lowest BCUT2D eigenvalue weighted by molar-refractivity contribution is -0.169. The van der Waals surface area contributed by atoms with Crippen molar-refractivity contribution in [2.24, 2.45) is 10.4 Å². The highest BCUT2D eigenvalue weighted by atomic mass is 127. The molecule has 0 aromatic rings. The van der Waals surface area contributed by atoms with Crippen LogP contribution in [-0.2, 0) is 14.3 Å². The van der Waals surface area contributed by atoms with Crippen LogP contribution < -0.4 is 10.6 Å². The number of methoxy groups -OCH3 is 1. The smallest absolute Gasteiger partial charge is 0.234 e. The number of amides is 1. The summed E-state index contributed by atoms with van der Waals surface area (Å²) in [5.41, 5.74) is 0.327. The van der Waals surface area contributed by atoms with Gasteiger partial charge in [-0.25, -0.2) is 0 Å². The van der Waals surface area contributed by atoms with Crippen LogP contribution in [0.1, 0.15) is 32.6 Å². The summed E-state index contributed by atoms with van der Waals surface area (Å²) in [7, 11) is 3.50. The summed E-state index contributed by atoms with van der Waals surface area (Å²) < 4.78 is 10.9. The first-order valence-corrected chi connectivity index (χ1v) is 10.7. The van der Waals surface area contributed by atoms with Gasteiger partial charge in [0.1, 0.15) is 0 Å². The van der Waals surface area contributed by atoms with Crippen molar-refractivity contribution in [3.63, 3.8) is 0 Å². The molecule has 1 aliphatic heterocycles. The fraction of sp³-hybridized carbons (Fsp3) is 0.900. The maximum absolute atomic E-state index is 12.0. The average Bonchev–Trinajstić information content (AvgIpc) is 2.64. The second kappa shape index (κ2) is 11.7. The zero-order valence-electron chi connectivity index (χ0n) is 18.1. The molecule has 2 aliphatic carbocycles. The third kappa shape index (κ3) is 5.74. The maximum Gasteiger partial charge on any atom is 0.234 e. The molecule has 1 spiro atoms. The van der Waals surface area contributed by atoms with E-state index in [0.717, 1.165) is 45.2 Å². The van der Waals surface area contributed by atoms with E-state index in [2.05, 4.69) is 32.3 Å². The Bertz CT molecular complexity index is 550. The first-order chi connectivity index (χ1) is 13.6. The number of halogens is 1. The third-order valence-electron chi connectivity index (χ3n) is 6.62. The molecule has 3 rings (SSSR count). The van der Waals surface area contributed by atoms with E-state index in [1.165, 1.54) is 19.3 Å². The minimum atomic E-state index is 0. The van der Waals surface area contributed by atoms with E-state index in [9.17, 15) is 4.79 Å². The van der Waals surface area contributed by atoms with E-state index in [0.29, 0.717) is 37.3 Å². The van der Waals surface area contributed by atoms with Gasteiger partial charge < -0.3 is 25.0 Å². The summed E-state index contributed by atoms with van der Waals surface area (Å²) in [5, 5.41) is 6.61. The quantitative estimate of drug-likeness (QED) is 0.213. The molecule has 3 fully saturated rings. The van der Waals surface area contributed by atoms with Gasteiger partial charge in [0.2, 0.25) is 5.91 Å². The van der Waals surface area contributed by atoms with Crippen molar-refractivity contribution in [2.75, 3.05) is 66.6 Å². The molecule has 2 atom stereocenters. The molecule has 3 aliphatic rings. The number of hydrogen-bond acceptors (Lipinski definition) is 5. The molecule has 9 heteroatoms. The molecular weight excluding hydrogens is 485 g/mol. The van der Waals surface area contributed by atoms with Gasteiger partial charge in [-0.2, -0.15) is 0 Å². The Hall–Kier alpha value is -0.650. The van der Waals surface area contributed by atoms with Crippen molar-refractivity contribution in [3.8, 4) is 0 Å². The molecule has 2 N–H and O–H groups in total. The van der Waals surface area contributed by atoms with Gasteiger partial charge in [0.15, 0.2) is 5.96 Å². The number of ether oxygens (including phenoxy) is 2. The number of nitrogens with zero attached hydrogens (tertiary/aromatic N) is 3. The average molecular weight is 523 g/mol. The van der Waals surface area contributed by atoms with Crippen LogP contribution in [0.5, 0.6) is 0 Å². The lowest BCUT2D eigenvalue weighted by Crippen LogP contribution is -2.69. The molecule has 1 saturated heterocycles. The van der Waals surface area contributed by atoms with Gasteiger partial charge in [0, 0.05) is 64.9 Å². The monoisotopic (exact) mass is 523 g/mol. The van der Waals surface area contributed by atoms with Crippen LogP contribution in [0.4, 0.5) is 0 Å².